The van der Waals surface area contributed by atoms with Crippen LogP contribution in [0, 0.1) is 0 Å². The fraction of sp³-hybridized carbons (Fsp3) is 0. The summed E-state index contributed by atoms with van der Waals surface area (Å²) in [5, 5.41) is 7.19. The Hall–Kier alpha value is -6.36. The van der Waals surface area contributed by atoms with Gasteiger partial charge in [0.1, 0.15) is 11.2 Å². The van der Waals surface area contributed by atoms with Crippen LogP contribution in [0.3, 0.4) is 0 Å². The molecule has 50 heavy (non-hydrogen) atoms. The Kier molecular flexibility index (Phi) is 6.68. The number of thiophene rings is 1. The minimum atomic E-state index is 0.870. The van der Waals surface area contributed by atoms with E-state index in [4.69, 9.17) is 4.42 Å². The number of para-hydroxylation sites is 4. The van der Waals surface area contributed by atoms with Gasteiger partial charge in [0.05, 0.1) is 16.8 Å². The maximum atomic E-state index is 6.41. The minimum Gasteiger partial charge on any atom is -0.456 e. The molecule has 236 valence electrons. The summed E-state index contributed by atoms with van der Waals surface area (Å²) < 4.78 is 8.91. The Morgan fingerprint density at radius 3 is 1.60 bits per heavy atom. The van der Waals surface area contributed by atoms with E-state index in [0.717, 1.165) is 56.1 Å². The lowest BCUT2D eigenvalue weighted by Crippen LogP contribution is -2.13. The summed E-state index contributed by atoms with van der Waals surface area (Å²) >= 11 is 1.86. The van der Waals surface area contributed by atoms with E-state index >= 15 is 0 Å². The maximum absolute atomic E-state index is 6.41. The molecule has 0 aliphatic heterocycles. The Morgan fingerprint density at radius 2 is 0.920 bits per heavy atom. The highest BCUT2D eigenvalue weighted by Crippen LogP contribution is 2.50. The summed E-state index contributed by atoms with van der Waals surface area (Å²) in [7, 11) is 0. The summed E-state index contributed by atoms with van der Waals surface area (Å²) in [4.78, 5) is 4.80. The van der Waals surface area contributed by atoms with E-state index in [1.54, 1.807) is 0 Å². The van der Waals surface area contributed by atoms with Crippen molar-refractivity contribution in [3.8, 4) is 0 Å². The van der Waals surface area contributed by atoms with Gasteiger partial charge in [-0.1, -0.05) is 103 Å². The molecule has 0 bridgehead atoms. The number of hydrogen-bond acceptors (Lipinski definition) is 4. The highest BCUT2D eigenvalue weighted by molar-refractivity contribution is 7.26. The molecule has 0 atom stereocenters. The number of nitrogens with zero attached hydrogens (tertiary/aromatic N) is 2. The summed E-state index contributed by atoms with van der Waals surface area (Å²) in [6, 6.07) is 64.9. The lowest BCUT2D eigenvalue weighted by molar-refractivity contribution is 0.669. The number of furan rings is 1. The summed E-state index contributed by atoms with van der Waals surface area (Å²) in [5.74, 6) is 0. The van der Waals surface area contributed by atoms with Gasteiger partial charge in [-0.2, -0.15) is 0 Å². The topological polar surface area (TPSA) is 19.6 Å². The molecule has 8 aromatic carbocycles. The average molecular weight is 659 g/mol. The van der Waals surface area contributed by atoms with Gasteiger partial charge in [0, 0.05) is 48.3 Å². The van der Waals surface area contributed by atoms with Gasteiger partial charge in [-0.05, 0) is 89.6 Å². The molecular weight excluding hydrogens is 629 g/mol. The van der Waals surface area contributed by atoms with Crippen LogP contribution in [0.5, 0.6) is 0 Å². The number of anilines is 6. The summed E-state index contributed by atoms with van der Waals surface area (Å²) in [5.41, 5.74) is 8.31. The highest BCUT2D eigenvalue weighted by Gasteiger charge is 2.24. The van der Waals surface area contributed by atoms with Gasteiger partial charge in [0.25, 0.3) is 0 Å². The Morgan fingerprint density at radius 1 is 0.360 bits per heavy atom. The van der Waals surface area contributed by atoms with Crippen LogP contribution in [0.25, 0.3) is 52.9 Å². The molecule has 0 spiro atoms. The lowest BCUT2D eigenvalue weighted by Gasteiger charge is -2.30. The van der Waals surface area contributed by atoms with Crippen molar-refractivity contribution in [3.05, 3.63) is 182 Å². The van der Waals surface area contributed by atoms with E-state index in [-0.39, 0.29) is 0 Å². The zero-order valence-electron chi connectivity index (χ0n) is 27.0. The molecule has 10 rings (SSSR count). The first-order valence-corrected chi connectivity index (χ1v) is 17.7. The molecule has 0 N–H and O–H groups in total. The van der Waals surface area contributed by atoms with Crippen molar-refractivity contribution >= 4 is 98.3 Å². The smallest absolute Gasteiger partial charge is 0.137 e. The van der Waals surface area contributed by atoms with E-state index in [1.165, 1.54) is 30.9 Å². The fourth-order valence-electron chi connectivity index (χ4n) is 7.39. The molecule has 0 fully saturated rings. The molecule has 0 unspecified atom stereocenters. The third kappa shape index (κ3) is 4.65. The van der Waals surface area contributed by atoms with Crippen LogP contribution in [-0.2, 0) is 0 Å². The number of benzene rings is 8. The molecule has 0 saturated carbocycles. The zero-order valence-corrected chi connectivity index (χ0v) is 27.8. The Balaban J connectivity index is 1.33. The maximum Gasteiger partial charge on any atom is 0.137 e. The van der Waals surface area contributed by atoms with Crippen molar-refractivity contribution in [3.63, 3.8) is 0 Å². The molecule has 0 amide bonds. The lowest BCUT2D eigenvalue weighted by atomic mass is 10.0. The Labute approximate surface area is 293 Å². The van der Waals surface area contributed by atoms with Crippen molar-refractivity contribution in [2.24, 2.45) is 0 Å². The van der Waals surface area contributed by atoms with E-state index in [9.17, 15) is 0 Å². The van der Waals surface area contributed by atoms with Crippen molar-refractivity contribution in [2.75, 3.05) is 9.80 Å². The molecule has 4 heteroatoms. The van der Waals surface area contributed by atoms with Crippen LogP contribution in [0.15, 0.2) is 186 Å². The number of fused-ring (bicyclic) bond motifs is 7. The van der Waals surface area contributed by atoms with Crippen LogP contribution in [0.1, 0.15) is 0 Å². The molecule has 10 aromatic rings. The monoisotopic (exact) mass is 658 g/mol. The van der Waals surface area contributed by atoms with Gasteiger partial charge in [-0.25, -0.2) is 0 Å². The molecule has 3 nitrogen and oxygen atoms in total. The van der Waals surface area contributed by atoms with Gasteiger partial charge >= 0.3 is 0 Å². The van der Waals surface area contributed by atoms with Gasteiger partial charge in [0.15, 0.2) is 0 Å². The van der Waals surface area contributed by atoms with E-state index in [2.05, 4.69) is 186 Å². The molecule has 2 aromatic heterocycles. The molecular formula is C46H30N2OS. The first kappa shape index (κ1) is 28.6. The van der Waals surface area contributed by atoms with Crippen LogP contribution in [0.2, 0.25) is 0 Å². The normalized spacial score (nSPS) is 11.6. The largest absolute Gasteiger partial charge is 0.456 e. The van der Waals surface area contributed by atoms with Gasteiger partial charge in [0.2, 0.25) is 0 Å². The predicted molar refractivity (Wildman–Crippen MR) is 213 cm³/mol. The summed E-state index contributed by atoms with van der Waals surface area (Å²) in [6.45, 7) is 0. The number of hydrogen-bond donors (Lipinski definition) is 0. The molecule has 0 radical (unpaired) electrons. The van der Waals surface area contributed by atoms with E-state index in [1.807, 2.05) is 17.4 Å². The SMILES string of the molecule is c1ccc(N(c2cc(N(c3ccccc3)c3ccccc3)c3c(c2)sc2cc4ccccc4cc23)c2cccc3oc4ccccc4c23)cc1. The first-order valence-electron chi connectivity index (χ1n) is 16.8. The predicted octanol–water partition coefficient (Wildman–Crippen LogP) is 14.0. The molecule has 0 aliphatic carbocycles. The average Bonchev–Trinajstić information content (AvgIpc) is 3.74. The quantitative estimate of drug-likeness (QED) is 0.177. The summed E-state index contributed by atoms with van der Waals surface area (Å²) in [6.07, 6.45) is 0. The van der Waals surface area contributed by atoms with Gasteiger partial charge < -0.3 is 14.2 Å². The van der Waals surface area contributed by atoms with Crippen LogP contribution >= 0.6 is 11.3 Å². The van der Waals surface area contributed by atoms with E-state index < -0.39 is 0 Å². The van der Waals surface area contributed by atoms with Crippen LogP contribution < -0.4 is 9.80 Å². The van der Waals surface area contributed by atoms with Gasteiger partial charge in [-0.3, -0.25) is 0 Å². The first-order chi connectivity index (χ1) is 24.8. The number of rotatable bonds is 6. The second-order valence-electron chi connectivity index (χ2n) is 12.6. The van der Waals surface area contributed by atoms with Gasteiger partial charge in [-0.15, -0.1) is 11.3 Å². The van der Waals surface area contributed by atoms with Crippen molar-refractivity contribution in [2.45, 2.75) is 0 Å². The van der Waals surface area contributed by atoms with Crippen LogP contribution in [-0.4, -0.2) is 0 Å². The van der Waals surface area contributed by atoms with Crippen molar-refractivity contribution in [1.29, 1.82) is 0 Å². The minimum absolute atomic E-state index is 0.870. The van der Waals surface area contributed by atoms with E-state index in [0.29, 0.717) is 0 Å². The zero-order chi connectivity index (χ0) is 33.0. The molecule has 0 saturated heterocycles. The fourth-order valence-corrected chi connectivity index (χ4v) is 8.58. The second-order valence-corrected chi connectivity index (χ2v) is 13.6. The van der Waals surface area contributed by atoms with Crippen molar-refractivity contribution < 1.29 is 4.42 Å². The third-order valence-electron chi connectivity index (χ3n) is 9.57. The van der Waals surface area contributed by atoms with Crippen molar-refractivity contribution in [1.82, 2.24) is 0 Å². The Bertz CT molecular complexity index is 2780. The highest BCUT2D eigenvalue weighted by atomic mass is 32.1. The molecule has 0 aliphatic rings. The second kappa shape index (κ2) is 11.7. The molecule has 2 heterocycles. The van der Waals surface area contributed by atoms with Crippen LogP contribution in [0.4, 0.5) is 34.1 Å². The third-order valence-corrected chi connectivity index (χ3v) is 10.7. The standard InChI is InChI=1S/C46H30N2OS/c1-4-17-33(18-5-1)47(34-19-6-2-7-20-34)40-29-36(30-44-46(40)38-27-31-15-10-11-16-32(31)28-43(38)50-44)48(35-21-8-3-9-22-35)39-24-14-26-42-45(39)37-23-12-13-25-41(37)49-42/h1-30H.